The van der Waals surface area contributed by atoms with Crippen molar-refractivity contribution in [1.29, 1.82) is 0 Å². The third-order valence-corrected chi connectivity index (χ3v) is 4.61. The van der Waals surface area contributed by atoms with Crippen LogP contribution in [-0.4, -0.2) is 37.8 Å². The third kappa shape index (κ3) is 4.43. The average molecular weight is 342 g/mol. The van der Waals surface area contributed by atoms with E-state index in [0.717, 1.165) is 31.4 Å². The second kappa shape index (κ2) is 7.92. The first kappa shape index (κ1) is 17.1. The lowest BCUT2D eigenvalue weighted by atomic mass is 9.85. The largest absolute Gasteiger partial charge is 0.480 e. The number of hydrogen-bond acceptors (Lipinski definition) is 4. The maximum absolute atomic E-state index is 12.3. The number of hydrogen-bond donors (Lipinski definition) is 2. The number of nitrogens with zero attached hydrogens (tertiary/aromatic N) is 3. The number of carboxylic acid groups (broad SMARTS) is 1. The first-order chi connectivity index (χ1) is 12.1. The maximum atomic E-state index is 12.3. The van der Waals surface area contributed by atoms with Gasteiger partial charge in [-0.25, -0.2) is 14.5 Å². The van der Waals surface area contributed by atoms with Crippen molar-refractivity contribution in [2.24, 2.45) is 5.92 Å². The molecule has 2 N–H and O–H groups in total. The molecule has 1 aromatic carbocycles. The minimum Gasteiger partial charge on any atom is -0.480 e. The molecule has 1 aliphatic carbocycles. The van der Waals surface area contributed by atoms with Crippen molar-refractivity contribution in [1.82, 2.24) is 20.1 Å². The molecule has 0 spiro atoms. The molecule has 1 unspecified atom stereocenters. The van der Waals surface area contributed by atoms with Gasteiger partial charge in [-0.2, -0.15) is 0 Å². The van der Waals surface area contributed by atoms with Gasteiger partial charge in [0.15, 0.2) is 0 Å². The molecule has 0 saturated heterocycles. The van der Waals surface area contributed by atoms with Crippen molar-refractivity contribution >= 4 is 11.9 Å². The Labute approximate surface area is 146 Å². The van der Waals surface area contributed by atoms with Gasteiger partial charge >= 0.3 is 5.97 Å². The average Bonchev–Trinajstić information content (AvgIpc) is 3.13. The number of rotatable bonds is 6. The highest BCUT2D eigenvalue weighted by Crippen LogP contribution is 2.27. The Morgan fingerprint density at radius 1 is 1.20 bits per heavy atom. The third-order valence-electron chi connectivity index (χ3n) is 4.61. The SMILES string of the molecule is O=C(NC(CC1CCCCC1)C(=O)O)c1ncn(-c2ccccc2)n1. The van der Waals surface area contributed by atoms with Gasteiger partial charge in [-0.05, 0) is 24.5 Å². The predicted octanol–water partition coefficient (Wildman–Crippen LogP) is 2.42. The Morgan fingerprint density at radius 2 is 1.92 bits per heavy atom. The summed E-state index contributed by atoms with van der Waals surface area (Å²) in [5, 5.41) is 16.1. The number of carbonyl (C=O) groups is 2. The highest BCUT2D eigenvalue weighted by molar-refractivity contribution is 5.93. The standard InChI is InChI=1S/C18H22N4O3/c23-17(16-19-12-22(21-16)14-9-5-2-6-10-14)20-15(18(24)25)11-13-7-3-1-4-8-13/h2,5-6,9-10,12-13,15H,1,3-4,7-8,11H2,(H,20,23)(H,24,25). The van der Waals surface area contributed by atoms with E-state index in [9.17, 15) is 14.7 Å². The monoisotopic (exact) mass is 342 g/mol. The number of carbonyl (C=O) groups excluding carboxylic acids is 1. The van der Waals surface area contributed by atoms with E-state index in [2.05, 4.69) is 15.4 Å². The van der Waals surface area contributed by atoms with Crippen LogP contribution in [0.15, 0.2) is 36.7 Å². The summed E-state index contributed by atoms with van der Waals surface area (Å²) in [7, 11) is 0. The summed E-state index contributed by atoms with van der Waals surface area (Å²) < 4.78 is 1.49. The quantitative estimate of drug-likeness (QED) is 0.840. The van der Waals surface area contributed by atoms with Crippen LogP contribution in [0.1, 0.15) is 49.1 Å². The van der Waals surface area contributed by atoms with Gasteiger partial charge in [-0.1, -0.05) is 50.3 Å². The Morgan fingerprint density at radius 3 is 2.60 bits per heavy atom. The molecule has 1 amide bonds. The molecular weight excluding hydrogens is 320 g/mol. The van der Waals surface area contributed by atoms with Crippen molar-refractivity contribution in [3.05, 3.63) is 42.5 Å². The number of amides is 1. The lowest BCUT2D eigenvalue weighted by Gasteiger charge is -2.24. The molecule has 1 fully saturated rings. The number of para-hydroxylation sites is 1. The molecule has 7 heteroatoms. The van der Waals surface area contributed by atoms with Gasteiger partial charge in [-0.15, -0.1) is 5.10 Å². The molecule has 1 heterocycles. The molecule has 0 radical (unpaired) electrons. The number of carboxylic acids is 1. The highest BCUT2D eigenvalue weighted by Gasteiger charge is 2.27. The van der Waals surface area contributed by atoms with Crippen LogP contribution in [-0.2, 0) is 4.79 Å². The van der Waals surface area contributed by atoms with Crippen molar-refractivity contribution in [3.63, 3.8) is 0 Å². The minimum atomic E-state index is -1.01. The van der Waals surface area contributed by atoms with Gasteiger partial charge in [0.05, 0.1) is 5.69 Å². The molecule has 25 heavy (non-hydrogen) atoms. The molecule has 132 valence electrons. The van der Waals surface area contributed by atoms with E-state index in [1.54, 1.807) is 0 Å². The van der Waals surface area contributed by atoms with Crippen LogP contribution >= 0.6 is 0 Å². The van der Waals surface area contributed by atoms with Gasteiger partial charge in [0, 0.05) is 0 Å². The molecule has 2 aromatic rings. The normalized spacial score (nSPS) is 16.3. The number of benzene rings is 1. The van der Waals surface area contributed by atoms with Crippen LogP contribution < -0.4 is 5.32 Å². The van der Waals surface area contributed by atoms with Gasteiger partial charge in [0.25, 0.3) is 5.91 Å². The molecule has 3 rings (SSSR count). The lowest BCUT2D eigenvalue weighted by molar-refractivity contribution is -0.139. The molecule has 7 nitrogen and oxygen atoms in total. The summed E-state index contributed by atoms with van der Waals surface area (Å²) in [4.78, 5) is 27.8. The van der Waals surface area contributed by atoms with Crippen LogP contribution in [0.5, 0.6) is 0 Å². The van der Waals surface area contributed by atoms with Gasteiger partial charge < -0.3 is 10.4 Å². The van der Waals surface area contributed by atoms with E-state index in [1.807, 2.05) is 30.3 Å². The van der Waals surface area contributed by atoms with E-state index in [-0.39, 0.29) is 5.82 Å². The van der Waals surface area contributed by atoms with Crippen LogP contribution in [0.2, 0.25) is 0 Å². The van der Waals surface area contributed by atoms with Crippen molar-refractivity contribution in [3.8, 4) is 5.69 Å². The molecule has 1 aromatic heterocycles. The second-order valence-electron chi connectivity index (χ2n) is 6.45. The van der Waals surface area contributed by atoms with Gasteiger partial charge in [0.2, 0.25) is 5.82 Å². The Kier molecular flexibility index (Phi) is 5.42. The van der Waals surface area contributed by atoms with E-state index < -0.39 is 17.9 Å². The van der Waals surface area contributed by atoms with Gasteiger partial charge in [0.1, 0.15) is 12.4 Å². The first-order valence-corrected chi connectivity index (χ1v) is 8.64. The predicted molar refractivity (Wildman–Crippen MR) is 91.4 cm³/mol. The Bertz CT molecular complexity index is 723. The summed E-state index contributed by atoms with van der Waals surface area (Å²) in [5.41, 5.74) is 0.783. The summed E-state index contributed by atoms with van der Waals surface area (Å²) in [6.07, 6.45) is 7.44. The van der Waals surface area contributed by atoms with E-state index in [0.29, 0.717) is 12.3 Å². The van der Waals surface area contributed by atoms with E-state index in [1.165, 1.54) is 17.4 Å². The van der Waals surface area contributed by atoms with Crippen LogP contribution in [0.4, 0.5) is 0 Å². The van der Waals surface area contributed by atoms with Gasteiger partial charge in [-0.3, -0.25) is 4.79 Å². The first-order valence-electron chi connectivity index (χ1n) is 8.64. The van der Waals surface area contributed by atoms with Crippen molar-refractivity contribution in [2.45, 2.75) is 44.6 Å². The summed E-state index contributed by atoms with van der Waals surface area (Å²) in [5.74, 6) is -1.25. The number of nitrogens with one attached hydrogen (secondary N) is 1. The summed E-state index contributed by atoms with van der Waals surface area (Å²) in [6.45, 7) is 0. The van der Waals surface area contributed by atoms with Crippen LogP contribution in [0.3, 0.4) is 0 Å². The fourth-order valence-electron chi connectivity index (χ4n) is 3.27. The zero-order valence-electron chi connectivity index (χ0n) is 14.0. The molecular formula is C18H22N4O3. The Hall–Kier alpha value is -2.70. The molecule has 1 saturated carbocycles. The van der Waals surface area contributed by atoms with Crippen LogP contribution in [0, 0.1) is 5.92 Å². The fourth-order valence-corrected chi connectivity index (χ4v) is 3.27. The lowest BCUT2D eigenvalue weighted by Crippen LogP contribution is -2.42. The molecule has 0 aliphatic heterocycles. The summed E-state index contributed by atoms with van der Waals surface area (Å²) in [6, 6.07) is 8.40. The summed E-state index contributed by atoms with van der Waals surface area (Å²) >= 11 is 0. The number of aromatic nitrogens is 3. The van der Waals surface area contributed by atoms with E-state index in [4.69, 9.17) is 0 Å². The smallest absolute Gasteiger partial charge is 0.326 e. The fraction of sp³-hybridized carbons (Fsp3) is 0.444. The zero-order chi connectivity index (χ0) is 17.6. The van der Waals surface area contributed by atoms with Crippen molar-refractivity contribution in [2.75, 3.05) is 0 Å². The maximum Gasteiger partial charge on any atom is 0.326 e. The Balaban J connectivity index is 1.65. The minimum absolute atomic E-state index is 0.0289. The zero-order valence-corrected chi connectivity index (χ0v) is 14.0. The molecule has 0 bridgehead atoms. The van der Waals surface area contributed by atoms with E-state index >= 15 is 0 Å². The second-order valence-corrected chi connectivity index (χ2v) is 6.45. The van der Waals surface area contributed by atoms with Crippen molar-refractivity contribution < 1.29 is 14.7 Å². The molecule has 1 atom stereocenters. The van der Waals surface area contributed by atoms with Crippen LogP contribution in [0.25, 0.3) is 5.69 Å². The number of aliphatic carboxylic acids is 1. The topological polar surface area (TPSA) is 97.1 Å². The molecule has 1 aliphatic rings. The highest BCUT2D eigenvalue weighted by atomic mass is 16.4.